The van der Waals surface area contributed by atoms with Gasteiger partial charge in [0.2, 0.25) is 5.91 Å². The van der Waals surface area contributed by atoms with E-state index in [1.165, 1.54) is 16.6 Å². The fraction of sp³-hybridized carbons (Fsp3) is 0.458. The molecule has 0 bridgehead atoms. The quantitative estimate of drug-likeness (QED) is 0.354. The van der Waals surface area contributed by atoms with Gasteiger partial charge in [-0.3, -0.25) is 14.2 Å². The summed E-state index contributed by atoms with van der Waals surface area (Å²) in [7, 11) is -1.40. The lowest BCUT2D eigenvalue weighted by atomic mass is 10.1. The van der Waals surface area contributed by atoms with Crippen LogP contribution in [0.15, 0.2) is 40.3 Å². The highest BCUT2D eigenvalue weighted by Gasteiger charge is 2.33. The maximum absolute atomic E-state index is 13.6. The number of carbonyl (C=O) groups is 1. The highest BCUT2D eigenvalue weighted by atomic mass is 32.2. The number of hydrogen-bond donors (Lipinski definition) is 0. The van der Waals surface area contributed by atoms with Gasteiger partial charge < -0.3 is 4.90 Å². The maximum atomic E-state index is 13.6. The predicted octanol–water partition coefficient (Wildman–Crippen LogP) is 2.93. The second-order valence-electron chi connectivity index (χ2n) is 8.97. The molecule has 1 aromatic carbocycles. The van der Waals surface area contributed by atoms with E-state index in [-0.39, 0.29) is 34.8 Å². The van der Waals surface area contributed by atoms with Crippen LogP contribution in [0.3, 0.4) is 0 Å². The Morgan fingerprint density at radius 1 is 1.26 bits per heavy atom. The molecule has 7 nitrogen and oxygen atoms in total. The molecule has 0 radical (unpaired) electrons. The standard InChI is InChI=1S/C24H27N3O4S3/c1-26(17-11-13-34(30,31)15-17)20(28)14-32-24-25-22-21(18-8-5-9-19(18)33-22)23(29)27(24)12-10-16-6-3-2-4-7-16/h2-4,6-7,17H,5,8-15H2,1H3/t17-/m1/s1. The Hall–Kier alpha value is -2.17. The average Bonchev–Trinajstić information content (AvgIpc) is 3.51. The number of amides is 1. The molecule has 1 aliphatic carbocycles. The minimum Gasteiger partial charge on any atom is -0.341 e. The number of thiophene rings is 1. The Morgan fingerprint density at radius 2 is 2.06 bits per heavy atom. The van der Waals surface area contributed by atoms with E-state index in [1.807, 2.05) is 30.3 Å². The molecule has 1 saturated heterocycles. The first-order valence-corrected chi connectivity index (χ1v) is 15.1. The molecule has 1 fully saturated rings. The first-order chi connectivity index (χ1) is 16.3. The fourth-order valence-corrected chi connectivity index (χ4v) is 8.79. The number of aromatic nitrogens is 2. The van der Waals surface area contributed by atoms with Gasteiger partial charge in [-0.05, 0) is 43.2 Å². The molecule has 1 aliphatic heterocycles. The first kappa shape index (κ1) is 23.6. The van der Waals surface area contributed by atoms with Gasteiger partial charge in [-0.1, -0.05) is 42.1 Å². The molecule has 1 atom stereocenters. The Bertz CT molecular complexity index is 1400. The molecular formula is C24H27N3O4S3. The van der Waals surface area contributed by atoms with Crippen LogP contribution >= 0.6 is 23.1 Å². The highest BCUT2D eigenvalue weighted by Crippen LogP contribution is 2.35. The third kappa shape index (κ3) is 4.67. The Labute approximate surface area is 207 Å². The van der Waals surface area contributed by atoms with Crippen molar-refractivity contribution in [2.75, 3.05) is 24.3 Å². The van der Waals surface area contributed by atoms with Gasteiger partial charge >= 0.3 is 0 Å². The highest BCUT2D eigenvalue weighted by molar-refractivity contribution is 7.99. The third-order valence-electron chi connectivity index (χ3n) is 6.73. The molecule has 34 heavy (non-hydrogen) atoms. The van der Waals surface area contributed by atoms with Crippen LogP contribution in [0, 0.1) is 0 Å². The topological polar surface area (TPSA) is 89.3 Å². The van der Waals surface area contributed by atoms with Crippen molar-refractivity contribution in [2.24, 2.45) is 0 Å². The predicted molar refractivity (Wildman–Crippen MR) is 137 cm³/mol. The van der Waals surface area contributed by atoms with Crippen molar-refractivity contribution in [1.82, 2.24) is 14.5 Å². The van der Waals surface area contributed by atoms with Crippen LogP contribution in [-0.4, -0.2) is 59.1 Å². The van der Waals surface area contributed by atoms with Gasteiger partial charge in [0.25, 0.3) is 5.56 Å². The third-order valence-corrected chi connectivity index (χ3v) is 10.6. The van der Waals surface area contributed by atoms with Gasteiger partial charge in [-0.2, -0.15) is 0 Å². The monoisotopic (exact) mass is 517 g/mol. The SMILES string of the molecule is CN(C(=O)CSc1nc2sc3c(c2c(=O)n1CCc1ccccc1)CCC3)[C@@H]1CCS(=O)(=O)C1. The number of aryl methyl sites for hydroxylation is 3. The molecule has 10 heteroatoms. The number of fused-ring (bicyclic) bond motifs is 3. The first-order valence-electron chi connectivity index (χ1n) is 11.5. The molecule has 2 aromatic heterocycles. The number of benzene rings is 1. The van der Waals surface area contributed by atoms with E-state index >= 15 is 0 Å². The minimum atomic E-state index is -3.07. The van der Waals surface area contributed by atoms with Gasteiger partial charge in [0.05, 0.1) is 22.6 Å². The smallest absolute Gasteiger partial charge is 0.263 e. The molecule has 0 N–H and O–H groups in total. The van der Waals surface area contributed by atoms with Crippen LogP contribution < -0.4 is 5.56 Å². The summed E-state index contributed by atoms with van der Waals surface area (Å²) in [4.78, 5) is 34.9. The molecule has 3 aromatic rings. The van der Waals surface area contributed by atoms with Crippen LogP contribution in [0.2, 0.25) is 0 Å². The molecule has 0 unspecified atom stereocenters. The van der Waals surface area contributed by atoms with Crippen molar-refractivity contribution < 1.29 is 13.2 Å². The van der Waals surface area contributed by atoms with E-state index in [0.29, 0.717) is 24.5 Å². The summed E-state index contributed by atoms with van der Waals surface area (Å²) in [5.41, 5.74) is 2.27. The number of hydrogen-bond acceptors (Lipinski definition) is 7. The van der Waals surface area contributed by atoms with Gasteiger partial charge in [-0.25, -0.2) is 13.4 Å². The van der Waals surface area contributed by atoms with E-state index in [2.05, 4.69) is 0 Å². The largest absolute Gasteiger partial charge is 0.341 e. The zero-order valence-corrected chi connectivity index (χ0v) is 21.5. The summed E-state index contributed by atoms with van der Waals surface area (Å²) in [5, 5.41) is 1.30. The van der Waals surface area contributed by atoms with Crippen LogP contribution in [0.25, 0.3) is 10.2 Å². The minimum absolute atomic E-state index is 0.0205. The molecule has 0 saturated carbocycles. The zero-order chi connectivity index (χ0) is 23.9. The molecular weight excluding hydrogens is 490 g/mol. The van der Waals surface area contributed by atoms with Crippen LogP contribution in [-0.2, 0) is 40.4 Å². The Kier molecular flexibility index (Phi) is 6.56. The van der Waals surface area contributed by atoms with E-state index in [9.17, 15) is 18.0 Å². The van der Waals surface area contributed by atoms with Crippen molar-refractivity contribution >= 4 is 49.1 Å². The summed E-state index contributed by atoms with van der Waals surface area (Å²) in [6.45, 7) is 0.490. The van der Waals surface area contributed by atoms with Crippen molar-refractivity contribution in [3.63, 3.8) is 0 Å². The van der Waals surface area contributed by atoms with E-state index in [1.54, 1.807) is 27.9 Å². The van der Waals surface area contributed by atoms with E-state index < -0.39 is 9.84 Å². The van der Waals surface area contributed by atoms with E-state index in [4.69, 9.17) is 4.98 Å². The molecule has 180 valence electrons. The molecule has 2 aliphatic rings. The number of thioether (sulfide) groups is 1. The van der Waals surface area contributed by atoms with Crippen molar-refractivity contribution in [2.45, 2.75) is 49.8 Å². The summed E-state index contributed by atoms with van der Waals surface area (Å²) in [5.74, 6) is 0.112. The second kappa shape index (κ2) is 9.47. The van der Waals surface area contributed by atoms with E-state index in [0.717, 1.165) is 40.6 Å². The Balaban J connectivity index is 1.41. The van der Waals surface area contributed by atoms with Crippen LogP contribution in [0.4, 0.5) is 0 Å². The number of sulfone groups is 1. The molecule has 0 spiro atoms. The lowest BCUT2D eigenvalue weighted by Gasteiger charge is -2.23. The number of nitrogens with zero attached hydrogens (tertiary/aromatic N) is 3. The Morgan fingerprint density at radius 3 is 2.79 bits per heavy atom. The van der Waals surface area contributed by atoms with Crippen molar-refractivity contribution in [3.05, 3.63) is 56.7 Å². The molecule has 5 rings (SSSR count). The average molecular weight is 518 g/mol. The lowest BCUT2D eigenvalue weighted by molar-refractivity contribution is -0.128. The fourth-order valence-electron chi connectivity index (χ4n) is 4.76. The second-order valence-corrected chi connectivity index (χ2v) is 13.2. The van der Waals surface area contributed by atoms with Crippen LogP contribution in [0.5, 0.6) is 0 Å². The maximum Gasteiger partial charge on any atom is 0.263 e. The normalized spacial score (nSPS) is 18.9. The zero-order valence-electron chi connectivity index (χ0n) is 19.0. The van der Waals surface area contributed by atoms with Gasteiger partial charge in [0.15, 0.2) is 15.0 Å². The van der Waals surface area contributed by atoms with Gasteiger partial charge in [-0.15, -0.1) is 11.3 Å². The van der Waals surface area contributed by atoms with Crippen molar-refractivity contribution in [3.8, 4) is 0 Å². The number of rotatable bonds is 7. The summed E-state index contributed by atoms with van der Waals surface area (Å²) >= 11 is 2.86. The molecule has 3 heterocycles. The summed E-state index contributed by atoms with van der Waals surface area (Å²) < 4.78 is 25.3. The lowest BCUT2D eigenvalue weighted by Crippen LogP contribution is -2.39. The van der Waals surface area contributed by atoms with Gasteiger partial charge in [0.1, 0.15) is 4.83 Å². The van der Waals surface area contributed by atoms with Crippen molar-refractivity contribution in [1.29, 1.82) is 0 Å². The van der Waals surface area contributed by atoms with Crippen LogP contribution in [0.1, 0.15) is 28.8 Å². The summed E-state index contributed by atoms with van der Waals surface area (Å²) in [6, 6.07) is 9.74. The summed E-state index contributed by atoms with van der Waals surface area (Å²) in [6.07, 6.45) is 4.17. The molecule has 1 amide bonds. The van der Waals surface area contributed by atoms with Gasteiger partial charge in [0, 0.05) is 24.5 Å². The number of carbonyl (C=O) groups excluding carboxylic acids is 1.